The molecule has 0 bridgehead atoms. The van der Waals surface area contributed by atoms with Gasteiger partial charge in [0.05, 0.1) is 0 Å². The predicted octanol–water partition coefficient (Wildman–Crippen LogP) is 1.67. The molecule has 0 radical (unpaired) electrons. The van der Waals surface area contributed by atoms with E-state index in [0.717, 1.165) is 24.8 Å². The van der Waals surface area contributed by atoms with E-state index in [-0.39, 0.29) is 0 Å². The third-order valence-corrected chi connectivity index (χ3v) is 1.22. The predicted molar refractivity (Wildman–Crippen MR) is 40.6 cm³/mol. The summed E-state index contributed by atoms with van der Waals surface area (Å²) in [6, 6.07) is 0. The first-order valence-electron chi connectivity index (χ1n) is 3.26. The standard InChI is InChI=1S/C7H14N2/c1-2-3-4-7(5-8)6-9/h5-6,8H,2-4,9H2,1H3/b7-6+,8-5?. The summed E-state index contributed by atoms with van der Waals surface area (Å²) in [5.74, 6) is 0. The normalized spacial score (nSPS) is 11.4. The van der Waals surface area contributed by atoms with Gasteiger partial charge in [-0.05, 0) is 24.6 Å². The highest BCUT2D eigenvalue weighted by atomic mass is 14.5. The molecule has 0 aliphatic rings. The average Bonchev–Trinajstić information content (AvgIpc) is 1.91. The smallest absolute Gasteiger partial charge is 0.0224 e. The van der Waals surface area contributed by atoms with Crippen molar-refractivity contribution in [3.8, 4) is 0 Å². The SMILES string of the molecule is CCCC/C(C=N)=C\N. The molecule has 0 fully saturated rings. The molecule has 0 aromatic carbocycles. The van der Waals surface area contributed by atoms with Crippen molar-refractivity contribution in [2.75, 3.05) is 0 Å². The summed E-state index contributed by atoms with van der Waals surface area (Å²) in [6.45, 7) is 2.12. The first-order valence-corrected chi connectivity index (χ1v) is 3.26. The number of nitrogens with two attached hydrogens (primary N) is 1. The number of rotatable bonds is 4. The van der Waals surface area contributed by atoms with Crippen molar-refractivity contribution in [1.29, 1.82) is 5.41 Å². The van der Waals surface area contributed by atoms with E-state index in [1.807, 2.05) is 0 Å². The summed E-state index contributed by atoms with van der Waals surface area (Å²) >= 11 is 0. The zero-order valence-corrected chi connectivity index (χ0v) is 5.85. The van der Waals surface area contributed by atoms with Crippen LogP contribution in [0.15, 0.2) is 11.8 Å². The van der Waals surface area contributed by atoms with Crippen molar-refractivity contribution < 1.29 is 0 Å². The molecule has 0 aromatic rings. The van der Waals surface area contributed by atoms with Gasteiger partial charge in [-0.1, -0.05) is 13.3 Å². The maximum absolute atomic E-state index is 6.87. The summed E-state index contributed by atoms with van der Waals surface area (Å²) in [5, 5.41) is 6.87. The van der Waals surface area contributed by atoms with Gasteiger partial charge in [-0.25, -0.2) is 0 Å². The molecule has 0 aliphatic carbocycles. The lowest BCUT2D eigenvalue weighted by Gasteiger charge is -1.95. The Hall–Kier alpha value is -0.790. The van der Waals surface area contributed by atoms with E-state index in [4.69, 9.17) is 11.1 Å². The molecular weight excluding hydrogens is 112 g/mol. The fourth-order valence-electron chi connectivity index (χ4n) is 0.585. The summed E-state index contributed by atoms with van der Waals surface area (Å²) in [4.78, 5) is 0. The second kappa shape index (κ2) is 5.35. The van der Waals surface area contributed by atoms with Gasteiger partial charge >= 0.3 is 0 Å². The Morgan fingerprint density at radius 3 is 2.67 bits per heavy atom. The molecule has 0 saturated heterocycles. The van der Waals surface area contributed by atoms with E-state index in [1.54, 1.807) is 0 Å². The third-order valence-electron chi connectivity index (χ3n) is 1.22. The molecule has 2 nitrogen and oxygen atoms in total. The monoisotopic (exact) mass is 126 g/mol. The molecular formula is C7H14N2. The topological polar surface area (TPSA) is 49.9 Å². The van der Waals surface area contributed by atoms with Crippen molar-refractivity contribution in [1.82, 2.24) is 0 Å². The number of hydrogen-bond acceptors (Lipinski definition) is 2. The summed E-state index contributed by atoms with van der Waals surface area (Å²) in [5.41, 5.74) is 6.14. The molecule has 2 heteroatoms. The lowest BCUT2D eigenvalue weighted by atomic mass is 10.1. The van der Waals surface area contributed by atoms with Crippen LogP contribution in [0.3, 0.4) is 0 Å². The van der Waals surface area contributed by atoms with Crippen LogP contribution in [0.4, 0.5) is 0 Å². The molecule has 52 valence electrons. The Bertz CT molecular complexity index is 105. The van der Waals surface area contributed by atoms with Crippen molar-refractivity contribution in [2.24, 2.45) is 5.73 Å². The fourth-order valence-corrected chi connectivity index (χ4v) is 0.585. The molecule has 0 heterocycles. The number of nitrogens with one attached hydrogen (secondary N) is 1. The van der Waals surface area contributed by atoms with Crippen LogP contribution in [-0.2, 0) is 0 Å². The number of allylic oxidation sites excluding steroid dienone is 1. The first-order chi connectivity index (χ1) is 4.35. The van der Waals surface area contributed by atoms with E-state index < -0.39 is 0 Å². The molecule has 9 heavy (non-hydrogen) atoms. The highest BCUT2D eigenvalue weighted by molar-refractivity contribution is 5.75. The molecule has 3 N–H and O–H groups in total. The highest BCUT2D eigenvalue weighted by Gasteiger charge is 1.88. The second-order valence-corrected chi connectivity index (χ2v) is 1.99. The second-order valence-electron chi connectivity index (χ2n) is 1.99. The van der Waals surface area contributed by atoms with Crippen LogP contribution in [0.25, 0.3) is 0 Å². The Morgan fingerprint density at radius 2 is 2.33 bits per heavy atom. The molecule has 0 amide bonds. The van der Waals surface area contributed by atoms with Crippen LogP contribution in [0.1, 0.15) is 26.2 Å². The molecule has 0 aromatic heterocycles. The Balaban J connectivity index is 3.45. The van der Waals surface area contributed by atoms with Crippen LogP contribution in [0.2, 0.25) is 0 Å². The van der Waals surface area contributed by atoms with Gasteiger partial charge in [-0.3, -0.25) is 0 Å². The van der Waals surface area contributed by atoms with E-state index in [0.29, 0.717) is 0 Å². The minimum atomic E-state index is 0.928. The minimum absolute atomic E-state index is 0.928. The van der Waals surface area contributed by atoms with Gasteiger partial charge in [-0.15, -0.1) is 0 Å². The van der Waals surface area contributed by atoms with Crippen LogP contribution >= 0.6 is 0 Å². The summed E-state index contributed by atoms with van der Waals surface area (Å²) in [6.07, 6.45) is 6.04. The summed E-state index contributed by atoms with van der Waals surface area (Å²) < 4.78 is 0. The van der Waals surface area contributed by atoms with E-state index >= 15 is 0 Å². The van der Waals surface area contributed by atoms with E-state index in [1.165, 1.54) is 12.4 Å². The van der Waals surface area contributed by atoms with Gasteiger partial charge in [0, 0.05) is 6.21 Å². The number of unbranched alkanes of at least 4 members (excludes halogenated alkanes) is 1. The zero-order chi connectivity index (χ0) is 7.11. The van der Waals surface area contributed by atoms with Crippen LogP contribution in [-0.4, -0.2) is 6.21 Å². The van der Waals surface area contributed by atoms with Gasteiger partial charge in [-0.2, -0.15) is 0 Å². The molecule has 0 rings (SSSR count). The molecule has 0 aliphatic heterocycles. The van der Waals surface area contributed by atoms with Gasteiger partial charge in [0.25, 0.3) is 0 Å². The van der Waals surface area contributed by atoms with Crippen LogP contribution in [0, 0.1) is 5.41 Å². The van der Waals surface area contributed by atoms with Crippen LogP contribution < -0.4 is 5.73 Å². The third kappa shape index (κ3) is 3.76. The van der Waals surface area contributed by atoms with Crippen molar-refractivity contribution in [3.63, 3.8) is 0 Å². The van der Waals surface area contributed by atoms with Gasteiger partial charge in [0.15, 0.2) is 0 Å². The van der Waals surface area contributed by atoms with Crippen molar-refractivity contribution in [2.45, 2.75) is 26.2 Å². The largest absolute Gasteiger partial charge is 0.404 e. The Labute approximate surface area is 56.3 Å². The minimum Gasteiger partial charge on any atom is -0.404 e. The van der Waals surface area contributed by atoms with Gasteiger partial charge < -0.3 is 11.1 Å². The molecule has 0 spiro atoms. The molecule has 0 saturated carbocycles. The fraction of sp³-hybridized carbons (Fsp3) is 0.571. The number of hydrogen-bond donors (Lipinski definition) is 2. The molecule has 0 unspecified atom stereocenters. The quantitative estimate of drug-likeness (QED) is 0.553. The maximum Gasteiger partial charge on any atom is 0.0224 e. The van der Waals surface area contributed by atoms with Crippen LogP contribution in [0.5, 0.6) is 0 Å². The lowest BCUT2D eigenvalue weighted by molar-refractivity contribution is 0.803. The summed E-state index contributed by atoms with van der Waals surface area (Å²) in [7, 11) is 0. The first kappa shape index (κ1) is 8.21. The van der Waals surface area contributed by atoms with E-state index in [2.05, 4.69) is 6.92 Å². The van der Waals surface area contributed by atoms with E-state index in [9.17, 15) is 0 Å². The zero-order valence-electron chi connectivity index (χ0n) is 5.85. The Kier molecular flexibility index (Phi) is 4.88. The van der Waals surface area contributed by atoms with Crippen molar-refractivity contribution >= 4 is 6.21 Å². The molecule has 0 atom stereocenters. The maximum atomic E-state index is 6.87. The average molecular weight is 126 g/mol. The highest BCUT2D eigenvalue weighted by Crippen LogP contribution is 2.01. The Morgan fingerprint density at radius 1 is 1.67 bits per heavy atom. The van der Waals surface area contributed by atoms with Gasteiger partial charge in [0.1, 0.15) is 0 Å². The van der Waals surface area contributed by atoms with Gasteiger partial charge in [0.2, 0.25) is 0 Å². The lowest BCUT2D eigenvalue weighted by Crippen LogP contribution is -1.89. The van der Waals surface area contributed by atoms with Crippen molar-refractivity contribution in [3.05, 3.63) is 11.8 Å².